The quantitative estimate of drug-likeness (QED) is 0.693. The molecule has 0 aliphatic heterocycles. The van der Waals surface area contributed by atoms with Crippen LogP contribution in [-0.2, 0) is 16.1 Å². The van der Waals surface area contributed by atoms with Crippen molar-refractivity contribution in [3.05, 3.63) is 11.9 Å². The van der Waals surface area contributed by atoms with E-state index in [0.717, 1.165) is 4.68 Å². The second-order valence-corrected chi connectivity index (χ2v) is 3.30. The number of nitrogens with zero attached hydrogens (tertiary/aromatic N) is 2. The molecule has 1 aromatic rings. The van der Waals surface area contributed by atoms with Gasteiger partial charge in [0.1, 0.15) is 13.1 Å². The Morgan fingerprint density at radius 3 is 2.78 bits per heavy atom. The molecule has 1 amide bonds. The smallest absolute Gasteiger partial charge is 0.325 e. The third kappa shape index (κ3) is 3.68. The number of alkyl halides is 2. The Morgan fingerprint density at radius 2 is 2.28 bits per heavy atom. The van der Waals surface area contributed by atoms with Gasteiger partial charge in [0.05, 0.1) is 12.8 Å². The van der Waals surface area contributed by atoms with Crippen molar-refractivity contribution >= 4 is 17.6 Å². The molecule has 0 saturated carbocycles. The molecule has 0 spiro atoms. The molecule has 0 atom stereocenters. The zero-order valence-corrected chi connectivity index (χ0v) is 9.52. The van der Waals surface area contributed by atoms with E-state index in [1.54, 1.807) is 0 Å². The highest BCUT2D eigenvalue weighted by molar-refractivity contribution is 5.96. The zero-order valence-electron chi connectivity index (χ0n) is 9.52. The normalized spacial score (nSPS) is 10.4. The molecule has 1 aromatic heterocycles. The van der Waals surface area contributed by atoms with Crippen molar-refractivity contribution in [1.82, 2.24) is 9.78 Å². The fraction of sp³-hybridized carbons (Fsp3) is 0.444. The SMILES string of the molecule is COC(=O)CNc1cn(CC(F)F)nc1C(N)=O. The number of esters is 1. The summed E-state index contributed by atoms with van der Waals surface area (Å²) >= 11 is 0. The second-order valence-electron chi connectivity index (χ2n) is 3.30. The van der Waals surface area contributed by atoms with Crippen LogP contribution >= 0.6 is 0 Å². The zero-order chi connectivity index (χ0) is 13.7. The molecule has 18 heavy (non-hydrogen) atoms. The molecule has 100 valence electrons. The number of amides is 1. The third-order valence-corrected chi connectivity index (χ3v) is 1.97. The van der Waals surface area contributed by atoms with Crippen molar-refractivity contribution < 1.29 is 23.1 Å². The van der Waals surface area contributed by atoms with Gasteiger partial charge in [0.15, 0.2) is 5.69 Å². The van der Waals surface area contributed by atoms with E-state index in [2.05, 4.69) is 15.2 Å². The first-order valence-electron chi connectivity index (χ1n) is 4.90. The molecule has 0 unspecified atom stereocenters. The maximum absolute atomic E-state index is 12.2. The summed E-state index contributed by atoms with van der Waals surface area (Å²) in [6.07, 6.45) is -1.44. The summed E-state index contributed by atoms with van der Waals surface area (Å²) in [5, 5.41) is 6.14. The average molecular weight is 262 g/mol. The van der Waals surface area contributed by atoms with Gasteiger partial charge in [-0.15, -0.1) is 0 Å². The van der Waals surface area contributed by atoms with Gasteiger partial charge in [-0.05, 0) is 0 Å². The van der Waals surface area contributed by atoms with E-state index in [-0.39, 0.29) is 17.9 Å². The van der Waals surface area contributed by atoms with E-state index in [1.807, 2.05) is 0 Å². The molecule has 0 fully saturated rings. The summed E-state index contributed by atoms with van der Waals surface area (Å²) < 4.78 is 29.6. The van der Waals surface area contributed by atoms with Crippen LogP contribution in [0.3, 0.4) is 0 Å². The first kappa shape index (κ1) is 13.9. The fourth-order valence-corrected chi connectivity index (χ4v) is 1.21. The van der Waals surface area contributed by atoms with Crippen LogP contribution in [0, 0.1) is 0 Å². The standard InChI is InChI=1S/C9H12F2N4O3/c1-18-7(16)2-13-5-3-15(4-6(10)11)14-8(5)9(12)17/h3,6,13H,2,4H2,1H3,(H2,12,17). The predicted molar refractivity (Wildman–Crippen MR) is 57.3 cm³/mol. The molecular formula is C9H12F2N4O3. The van der Waals surface area contributed by atoms with E-state index >= 15 is 0 Å². The number of hydrogen-bond acceptors (Lipinski definition) is 5. The molecule has 0 aliphatic carbocycles. The molecule has 7 nitrogen and oxygen atoms in total. The lowest BCUT2D eigenvalue weighted by Gasteiger charge is -2.02. The van der Waals surface area contributed by atoms with Gasteiger partial charge in [0.25, 0.3) is 12.3 Å². The van der Waals surface area contributed by atoms with Crippen molar-refractivity contribution in [2.45, 2.75) is 13.0 Å². The number of carbonyl (C=O) groups excluding carboxylic acids is 2. The minimum atomic E-state index is -2.61. The molecular weight excluding hydrogens is 250 g/mol. The molecule has 0 aromatic carbocycles. The Kier molecular flexibility index (Phi) is 4.58. The number of primary amides is 1. The van der Waals surface area contributed by atoms with Gasteiger partial charge in [-0.25, -0.2) is 8.78 Å². The van der Waals surface area contributed by atoms with E-state index in [0.29, 0.717) is 0 Å². The molecule has 0 aliphatic rings. The van der Waals surface area contributed by atoms with Crippen LogP contribution in [0.1, 0.15) is 10.5 Å². The largest absolute Gasteiger partial charge is 0.468 e. The molecule has 3 N–H and O–H groups in total. The summed E-state index contributed by atoms with van der Waals surface area (Å²) in [5.74, 6) is -1.46. The highest BCUT2D eigenvalue weighted by atomic mass is 19.3. The Bertz CT molecular complexity index is 447. The summed E-state index contributed by atoms with van der Waals surface area (Å²) in [6, 6.07) is 0. The molecule has 0 saturated heterocycles. The summed E-state index contributed by atoms with van der Waals surface area (Å²) in [4.78, 5) is 21.9. The predicted octanol–water partition coefficient (Wildman–Crippen LogP) is -0.168. The molecule has 1 heterocycles. The van der Waals surface area contributed by atoms with Crippen LogP contribution in [0.4, 0.5) is 14.5 Å². The van der Waals surface area contributed by atoms with Gasteiger partial charge < -0.3 is 15.8 Å². The van der Waals surface area contributed by atoms with Gasteiger partial charge in [0, 0.05) is 6.20 Å². The van der Waals surface area contributed by atoms with Crippen LogP contribution in [0.15, 0.2) is 6.20 Å². The Balaban J connectivity index is 2.84. The Hall–Kier alpha value is -2.19. The van der Waals surface area contributed by atoms with Crippen molar-refractivity contribution in [2.24, 2.45) is 5.73 Å². The minimum Gasteiger partial charge on any atom is -0.468 e. The third-order valence-electron chi connectivity index (χ3n) is 1.97. The van der Waals surface area contributed by atoms with Crippen molar-refractivity contribution in [3.63, 3.8) is 0 Å². The first-order chi connectivity index (χ1) is 8.43. The van der Waals surface area contributed by atoms with Crippen molar-refractivity contribution in [3.8, 4) is 0 Å². The molecule has 1 rings (SSSR count). The number of carbonyl (C=O) groups is 2. The number of anilines is 1. The van der Waals surface area contributed by atoms with Crippen molar-refractivity contribution in [2.75, 3.05) is 19.0 Å². The molecule has 0 bridgehead atoms. The van der Waals surface area contributed by atoms with E-state index in [1.165, 1.54) is 13.3 Å². The number of ether oxygens (including phenoxy) is 1. The number of aromatic nitrogens is 2. The van der Waals surface area contributed by atoms with Crippen LogP contribution < -0.4 is 11.1 Å². The lowest BCUT2D eigenvalue weighted by atomic mass is 10.3. The monoisotopic (exact) mass is 262 g/mol. The van der Waals surface area contributed by atoms with Gasteiger partial charge in [-0.3, -0.25) is 14.3 Å². The van der Waals surface area contributed by atoms with E-state index < -0.39 is 24.8 Å². The molecule has 9 heteroatoms. The highest BCUT2D eigenvalue weighted by Gasteiger charge is 2.16. The van der Waals surface area contributed by atoms with Gasteiger partial charge >= 0.3 is 5.97 Å². The topological polar surface area (TPSA) is 99.2 Å². The van der Waals surface area contributed by atoms with E-state index in [9.17, 15) is 18.4 Å². The van der Waals surface area contributed by atoms with Gasteiger partial charge in [-0.2, -0.15) is 5.10 Å². The first-order valence-corrected chi connectivity index (χ1v) is 4.90. The summed E-state index contributed by atoms with van der Waals surface area (Å²) in [7, 11) is 1.19. The number of methoxy groups -OCH3 is 1. The second kappa shape index (κ2) is 5.94. The number of halogens is 2. The Morgan fingerprint density at radius 1 is 1.61 bits per heavy atom. The fourth-order valence-electron chi connectivity index (χ4n) is 1.21. The highest BCUT2D eigenvalue weighted by Crippen LogP contribution is 2.14. The van der Waals surface area contributed by atoms with Crippen molar-refractivity contribution in [1.29, 1.82) is 0 Å². The maximum Gasteiger partial charge on any atom is 0.325 e. The number of rotatable bonds is 6. The van der Waals surface area contributed by atoms with Crippen LogP contribution in [0.5, 0.6) is 0 Å². The summed E-state index contributed by atoms with van der Waals surface area (Å²) in [5.41, 5.74) is 4.94. The Labute approximate surface area is 101 Å². The lowest BCUT2D eigenvalue weighted by molar-refractivity contribution is -0.138. The number of nitrogens with two attached hydrogens (primary N) is 1. The maximum atomic E-state index is 12.2. The van der Waals surface area contributed by atoms with E-state index in [4.69, 9.17) is 5.73 Å². The minimum absolute atomic E-state index is 0.105. The van der Waals surface area contributed by atoms with Crippen LogP contribution in [-0.4, -0.2) is 41.7 Å². The van der Waals surface area contributed by atoms with Gasteiger partial charge in [-0.1, -0.05) is 0 Å². The lowest BCUT2D eigenvalue weighted by Crippen LogP contribution is -2.18. The summed E-state index contributed by atoms with van der Waals surface area (Å²) in [6.45, 7) is -0.892. The van der Waals surface area contributed by atoms with Crippen LogP contribution in [0.25, 0.3) is 0 Å². The van der Waals surface area contributed by atoms with Gasteiger partial charge in [0.2, 0.25) is 0 Å². The number of hydrogen-bond donors (Lipinski definition) is 2. The number of nitrogens with one attached hydrogen (secondary N) is 1. The average Bonchev–Trinajstić information content (AvgIpc) is 2.68. The van der Waals surface area contributed by atoms with Crippen LogP contribution in [0.2, 0.25) is 0 Å². The molecule has 0 radical (unpaired) electrons.